The minimum absolute atomic E-state index is 0.0148. The third-order valence-corrected chi connectivity index (χ3v) is 4.21. The van der Waals surface area contributed by atoms with Crippen LogP contribution >= 0.6 is 0 Å². The molecule has 112 valence electrons. The highest BCUT2D eigenvalue weighted by Gasteiger charge is 2.22. The fourth-order valence-corrected chi connectivity index (χ4v) is 2.91. The van der Waals surface area contributed by atoms with Crippen LogP contribution < -0.4 is 16.2 Å². The molecule has 0 amide bonds. The lowest BCUT2D eigenvalue weighted by Crippen LogP contribution is -3.09. The molecule has 0 saturated carbocycles. The van der Waals surface area contributed by atoms with Gasteiger partial charge < -0.3 is 10.6 Å². The van der Waals surface area contributed by atoms with Gasteiger partial charge in [0.2, 0.25) is 0 Å². The Morgan fingerprint density at radius 3 is 2.67 bits per heavy atom. The van der Waals surface area contributed by atoms with Gasteiger partial charge in [0, 0.05) is 19.2 Å². The van der Waals surface area contributed by atoms with Crippen molar-refractivity contribution in [3.8, 4) is 0 Å². The Labute approximate surface area is 123 Å². The number of aromatic nitrogens is 2. The molecule has 0 spiro atoms. The zero-order valence-corrected chi connectivity index (χ0v) is 12.8. The van der Waals surface area contributed by atoms with Crippen LogP contribution in [-0.2, 0) is 13.1 Å². The second-order valence-electron chi connectivity index (χ2n) is 5.92. The smallest absolute Gasteiger partial charge is 0.292 e. The van der Waals surface area contributed by atoms with Gasteiger partial charge in [-0.05, 0) is 25.5 Å². The molecule has 3 N–H and O–H groups in total. The molecule has 6 nitrogen and oxygen atoms in total. The van der Waals surface area contributed by atoms with Crippen molar-refractivity contribution in [3.63, 3.8) is 0 Å². The van der Waals surface area contributed by atoms with E-state index in [9.17, 15) is 4.79 Å². The summed E-state index contributed by atoms with van der Waals surface area (Å²) in [6.07, 6.45) is 6.99. The van der Waals surface area contributed by atoms with Crippen LogP contribution in [0.4, 0.5) is 5.69 Å². The largest absolute Gasteiger partial charge is 0.397 e. The first-order valence-electron chi connectivity index (χ1n) is 7.34. The Morgan fingerprint density at radius 2 is 2.05 bits per heavy atom. The molecular weight excluding hydrogens is 266 g/mol. The van der Waals surface area contributed by atoms with E-state index >= 15 is 0 Å². The van der Waals surface area contributed by atoms with Crippen LogP contribution in [0.3, 0.4) is 0 Å². The standard InChI is InChI=1S/C15H21N5O/c1-10-14(15(21)20-8-4-7-19(10)20)17-13-6-5-11(18(2)3)9-12(13)16/h5-6,9,11H,4,7-8,16H2,1-3H3/p+1. The lowest BCUT2D eigenvalue weighted by Gasteiger charge is -2.18. The topological polar surface area (TPSA) is 69.8 Å². The summed E-state index contributed by atoms with van der Waals surface area (Å²) in [5.74, 6) is 0. The summed E-state index contributed by atoms with van der Waals surface area (Å²) in [6, 6.07) is 0.255. The van der Waals surface area contributed by atoms with Crippen molar-refractivity contribution in [2.45, 2.75) is 32.5 Å². The first-order valence-corrected chi connectivity index (χ1v) is 7.34. The quantitative estimate of drug-likeness (QED) is 0.760. The predicted octanol–water partition coefficient (Wildman–Crippen LogP) is -0.640. The summed E-state index contributed by atoms with van der Waals surface area (Å²) in [5, 5.41) is 0. The molecule has 3 rings (SSSR count). The molecule has 1 aromatic rings. The molecule has 0 bridgehead atoms. The van der Waals surface area contributed by atoms with Crippen LogP contribution in [0, 0.1) is 6.92 Å². The molecule has 0 aromatic carbocycles. The number of fused-ring (bicyclic) bond motifs is 1. The van der Waals surface area contributed by atoms with Gasteiger partial charge in [0.15, 0.2) is 5.69 Å². The van der Waals surface area contributed by atoms with Crippen molar-refractivity contribution < 1.29 is 4.90 Å². The summed E-state index contributed by atoms with van der Waals surface area (Å²) in [7, 11) is 4.16. The zero-order valence-electron chi connectivity index (χ0n) is 12.8. The first-order chi connectivity index (χ1) is 9.99. The Hall–Kier alpha value is -2.08. The number of nitrogens with two attached hydrogens (primary N) is 1. The normalized spacial score (nSPS) is 23.0. The lowest BCUT2D eigenvalue weighted by molar-refractivity contribution is -0.871. The van der Waals surface area contributed by atoms with Gasteiger partial charge in [0.25, 0.3) is 5.56 Å². The highest BCUT2D eigenvalue weighted by Crippen LogP contribution is 2.20. The summed E-state index contributed by atoms with van der Waals surface area (Å²) < 4.78 is 3.79. The van der Waals surface area contributed by atoms with E-state index in [0.717, 1.165) is 25.2 Å². The van der Waals surface area contributed by atoms with Gasteiger partial charge in [-0.25, -0.2) is 9.67 Å². The van der Waals surface area contributed by atoms with E-state index in [4.69, 9.17) is 5.73 Å². The number of likely N-dealkylation sites (N-methyl/N-ethyl adjacent to an activating group) is 1. The Morgan fingerprint density at radius 1 is 1.33 bits per heavy atom. The fourth-order valence-electron chi connectivity index (χ4n) is 2.91. The minimum atomic E-state index is -0.0148. The number of hydrogen-bond donors (Lipinski definition) is 2. The Balaban J connectivity index is 2.00. The third kappa shape index (κ3) is 2.25. The number of rotatable bonds is 2. The number of aliphatic imine (C=N–C) groups is 1. The second kappa shape index (κ2) is 5.04. The molecule has 0 fully saturated rings. The van der Waals surface area contributed by atoms with Crippen LogP contribution in [0.15, 0.2) is 33.7 Å². The highest BCUT2D eigenvalue weighted by molar-refractivity contribution is 6.09. The Kier molecular flexibility index (Phi) is 3.33. The number of allylic oxidation sites excluding steroid dienone is 1. The van der Waals surface area contributed by atoms with Gasteiger partial charge >= 0.3 is 0 Å². The molecule has 1 aliphatic carbocycles. The van der Waals surface area contributed by atoms with Crippen LogP contribution in [0.25, 0.3) is 0 Å². The maximum atomic E-state index is 12.4. The molecule has 0 saturated heterocycles. The van der Waals surface area contributed by atoms with Crippen LogP contribution in [0.1, 0.15) is 12.1 Å². The molecule has 1 unspecified atom stereocenters. The lowest BCUT2D eigenvalue weighted by atomic mass is 10.1. The maximum absolute atomic E-state index is 12.4. The predicted molar refractivity (Wildman–Crippen MR) is 83.2 cm³/mol. The molecule has 6 heteroatoms. The zero-order chi connectivity index (χ0) is 15.1. The van der Waals surface area contributed by atoms with Crippen molar-refractivity contribution in [2.75, 3.05) is 14.1 Å². The fraction of sp³-hybridized carbons (Fsp3) is 0.467. The van der Waals surface area contributed by atoms with Gasteiger partial charge in [-0.1, -0.05) is 0 Å². The summed E-state index contributed by atoms with van der Waals surface area (Å²) in [4.78, 5) is 18.2. The molecule has 1 aromatic heterocycles. The average Bonchev–Trinajstić information content (AvgIpc) is 3.00. The molecule has 2 heterocycles. The number of quaternary nitrogens is 1. The first kappa shape index (κ1) is 13.9. The Bertz CT molecular complexity index is 717. The average molecular weight is 288 g/mol. The van der Waals surface area contributed by atoms with E-state index in [1.807, 2.05) is 23.8 Å². The summed E-state index contributed by atoms with van der Waals surface area (Å²) >= 11 is 0. The monoisotopic (exact) mass is 288 g/mol. The third-order valence-electron chi connectivity index (χ3n) is 4.21. The number of hydrogen-bond acceptors (Lipinski definition) is 3. The van der Waals surface area contributed by atoms with E-state index in [0.29, 0.717) is 17.1 Å². The highest BCUT2D eigenvalue weighted by atomic mass is 16.1. The van der Waals surface area contributed by atoms with Gasteiger partial charge in [-0.3, -0.25) is 9.48 Å². The van der Waals surface area contributed by atoms with Crippen molar-refractivity contribution in [1.29, 1.82) is 0 Å². The van der Waals surface area contributed by atoms with E-state index in [1.54, 1.807) is 4.68 Å². The van der Waals surface area contributed by atoms with Gasteiger partial charge in [-0.15, -0.1) is 0 Å². The van der Waals surface area contributed by atoms with Crippen molar-refractivity contribution in [2.24, 2.45) is 10.7 Å². The van der Waals surface area contributed by atoms with Crippen molar-refractivity contribution in [1.82, 2.24) is 9.36 Å². The van der Waals surface area contributed by atoms with Gasteiger partial charge in [0.1, 0.15) is 6.04 Å². The molecule has 21 heavy (non-hydrogen) atoms. The molecule has 1 atom stereocenters. The summed E-state index contributed by atoms with van der Waals surface area (Å²) in [5.41, 5.74) is 8.84. The minimum Gasteiger partial charge on any atom is -0.397 e. The van der Waals surface area contributed by atoms with Crippen LogP contribution in [0.2, 0.25) is 0 Å². The van der Waals surface area contributed by atoms with Gasteiger partial charge in [-0.2, -0.15) is 0 Å². The van der Waals surface area contributed by atoms with E-state index in [2.05, 4.69) is 25.2 Å². The van der Waals surface area contributed by atoms with Crippen molar-refractivity contribution >= 4 is 11.4 Å². The molecule has 0 radical (unpaired) electrons. The van der Waals surface area contributed by atoms with Crippen molar-refractivity contribution in [3.05, 3.63) is 40.0 Å². The van der Waals surface area contributed by atoms with E-state index in [-0.39, 0.29) is 11.6 Å². The van der Waals surface area contributed by atoms with E-state index < -0.39 is 0 Å². The SMILES string of the molecule is Cc1c(N=C2C=CC([NH+](C)C)C=C2N)c(=O)n2n1CCC2. The van der Waals surface area contributed by atoms with E-state index in [1.165, 1.54) is 4.90 Å². The maximum Gasteiger partial charge on any atom is 0.292 e. The molecular formula is C15H22N5O+. The number of nitrogens with one attached hydrogen (secondary N) is 1. The van der Waals surface area contributed by atoms with Crippen LogP contribution in [-0.4, -0.2) is 35.2 Å². The second-order valence-corrected chi connectivity index (χ2v) is 5.92. The molecule has 2 aliphatic rings. The summed E-state index contributed by atoms with van der Waals surface area (Å²) in [6.45, 7) is 3.61. The van der Waals surface area contributed by atoms with Gasteiger partial charge in [0.05, 0.1) is 31.2 Å². The van der Waals surface area contributed by atoms with Crippen LogP contribution in [0.5, 0.6) is 0 Å². The number of nitrogens with zero attached hydrogens (tertiary/aromatic N) is 3. The molecule has 1 aliphatic heterocycles.